The first kappa shape index (κ1) is 32.1. The van der Waals surface area contributed by atoms with Crippen molar-refractivity contribution < 1.29 is 24.5 Å². The molecule has 3 aromatic rings. The highest BCUT2D eigenvalue weighted by atomic mass is 16.5. The SMILES string of the molecule is C=C(C)C(=O)OCCc1cc(-c2ccc(-c3ccc(CCCCC)cc3)cc2CC)ccc1OCC(C)(CO)CO. The highest BCUT2D eigenvalue weighted by Crippen LogP contribution is 2.33. The van der Waals surface area contributed by atoms with Crippen LogP contribution in [-0.2, 0) is 28.8 Å². The van der Waals surface area contributed by atoms with E-state index in [0.29, 0.717) is 17.7 Å². The first-order chi connectivity index (χ1) is 19.7. The van der Waals surface area contributed by atoms with Gasteiger partial charge in [0.25, 0.3) is 0 Å². The maximum atomic E-state index is 11.9. The van der Waals surface area contributed by atoms with E-state index in [9.17, 15) is 15.0 Å². The number of rotatable bonds is 16. The van der Waals surface area contributed by atoms with Gasteiger partial charge in [-0.3, -0.25) is 0 Å². The fourth-order valence-corrected chi connectivity index (χ4v) is 4.64. The summed E-state index contributed by atoms with van der Waals surface area (Å²) >= 11 is 0. The quantitative estimate of drug-likeness (QED) is 0.109. The van der Waals surface area contributed by atoms with Gasteiger partial charge in [0.15, 0.2) is 0 Å². The third kappa shape index (κ3) is 9.04. The second-order valence-electron chi connectivity index (χ2n) is 11.3. The van der Waals surface area contributed by atoms with Crippen LogP contribution < -0.4 is 4.74 Å². The van der Waals surface area contributed by atoms with Crippen LogP contribution in [0.2, 0.25) is 0 Å². The number of aryl methyl sites for hydroxylation is 2. The summed E-state index contributed by atoms with van der Waals surface area (Å²) in [4.78, 5) is 11.9. The van der Waals surface area contributed by atoms with Crippen molar-refractivity contribution in [1.29, 1.82) is 0 Å². The minimum absolute atomic E-state index is 0.157. The zero-order valence-electron chi connectivity index (χ0n) is 25.2. The van der Waals surface area contributed by atoms with Crippen molar-refractivity contribution in [2.45, 2.75) is 66.2 Å². The number of aliphatic hydroxyl groups is 2. The molecule has 5 heteroatoms. The molecule has 220 valence electrons. The summed E-state index contributed by atoms with van der Waals surface area (Å²) in [5.41, 5.74) is 7.73. The topological polar surface area (TPSA) is 76.0 Å². The van der Waals surface area contributed by atoms with Gasteiger partial charge < -0.3 is 19.7 Å². The summed E-state index contributed by atoms with van der Waals surface area (Å²) in [6.07, 6.45) is 6.20. The lowest BCUT2D eigenvalue weighted by Crippen LogP contribution is -2.33. The number of esters is 1. The standard InChI is InChI=1S/C36H46O5/c1-6-8-9-10-27-11-13-29(14-12-27)30-15-17-33(28(7-2)21-30)31-16-18-34(41-25-36(5,23-37)24-38)32(22-31)19-20-40-35(39)26(3)4/h11-18,21-22,37-38H,3,6-10,19-20,23-25H2,1-2,4-5H3. The minimum Gasteiger partial charge on any atom is -0.493 e. The molecule has 3 rings (SSSR count). The Morgan fingerprint density at radius 1 is 0.854 bits per heavy atom. The lowest BCUT2D eigenvalue weighted by Gasteiger charge is -2.25. The number of unbranched alkanes of at least 4 members (excludes halogenated alkanes) is 2. The third-order valence-electron chi connectivity index (χ3n) is 7.51. The third-order valence-corrected chi connectivity index (χ3v) is 7.51. The Morgan fingerprint density at radius 3 is 2.15 bits per heavy atom. The van der Waals surface area contributed by atoms with Crippen molar-refractivity contribution in [3.05, 3.63) is 89.5 Å². The minimum atomic E-state index is -0.763. The molecule has 41 heavy (non-hydrogen) atoms. The van der Waals surface area contributed by atoms with Crippen LogP contribution in [0.4, 0.5) is 0 Å². The van der Waals surface area contributed by atoms with E-state index in [0.717, 1.165) is 29.5 Å². The predicted molar refractivity (Wildman–Crippen MR) is 167 cm³/mol. The molecule has 0 aliphatic carbocycles. The van der Waals surface area contributed by atoms with Crippen LogP contribution in [0.1, 0.15) is 63.6 Å². The highest BCUT2D eigenvalue weighted by Gasteiger charge is 2.24. The summed E-state index contributed by atoms with van der Waals surface area (Å²) in [7, 11) is 0. The van der Waals surface area contributed by atoms with Gasteiger partial charge in [-0.1, -0.05) is 88.7 Å². The summed E-state index contributed by atoms with van der Waals surface area (Å²) in [5.74, 6) is 0.219. The molecule has 2 N–H and O–H groups in total. The van der Waals surface area contributed by atoms with Gasteiger partial charge in [0.2, 0.25) is 0 Å². The maximum absolute atomic E-state index is 11.9. The van der Waals surface area contributed by atoms with Crippen LogP contribution in [0.15, 0.2) is 72.8 Å². The van der Waals surface area contributed by atoms with Crippen molar-refractivity contribution in [2.24, 2.45) is 5.41 Å². The fourth-order valence-electron chi connectivity index (χ4n) is 4.64. The number of aliphatic hydroxyl groups excluding tert-OH is 2. The Balaban J connectivity index is 1.88. The first-order valence-corrected chi connectivity index (χ1v) is 14.8. The van der Waals surface area contributed by atoms with Crippen LogP contribution in [0, 0.1) is 5.41 Å². The van der Waals surface area contributed by atoms with Gasteiger partial charge in [0.05, 0.1) is 26.4 Å². The van der Waals surface area contributed by atoms with Gasteiger partial charge in [-0.05, 0) is 77.3 Å². The first-order valence-electron chi connectivity index (χ1n) is 14.8. The molecule has 0 aliphatic heterocycles. The van der Waals surface area contributed by atoms with E-state index in [1.54, 1.807) is 13.8 Å². The Hall–Kier alpha value is -3.41. The molecule has 0 amide bonds. The molecule has 5 nitrogen and oxygen atoms in total. The molecule has 0 saturated heterocycles. The largest absolute Gasteiger partial charge is 0.493 e. The van der Waals surface area contributed by atoms with Gasteiger partial charge in [-0.15, -0.1) is 0 Å². The molecular weight excluding hydrogens is 512 g/mol. The maximum Gasteiger partial charge on any atom is 0.333 e. The zero-order valence-corrected chi connectivity index (χ0v) is 25.2. The highest BCUT2D eigenvalue weighted by molar-refractivity contribution is 5.86. The van der Waals surface area contributed by atoms with Crippen molar-refractivity contribution in [3.63, 3.8) is 0 Å². The van der Waals surface area contributed by atoms with Crippen LogP contribution in [0.3, 0.4) is 0 Å². The van der Waals surface area contributed by atoms with Gasteiger partial charge in [0.1, 0.15) is 5.75 Å². The molecular formula is C36H46O5. The number of ether oxygens (including phenoxy) is 2. The van der Waals surface area contributed by atoms with Crippen molar-refractivity contribution in [1.82, 2.24) is 0 Å². The Labute approximate surface area is 245 Å². The predicted octanol–water partition coefficient (Wildman–Crippen LogP) is 7.35. The second kappa shape index (κ2) is 15.6. The molecule has 0 atom stereocenters. The molecule has 0 saturated carbocycles. The van der Waals surface area contributed by atoms with E-state index in [-0.39, 0.29) is 26.4 Å². The second-order valence-corrected chi connectivity index (χ2v) is 11.3. The summed E-state index contributed by atoms with van der Waals surface area (Å²) in [6.45, 7) is 11.4. The van der Waals surface area contributed by atoms with Crippen molar-refractivity contribution >= 4 is 5.97 Å². The van der Waals surface area contributed by atoms with E-state index >= 15 is 0 Å². The Morgan fingerprint density at radius 2 is 1.51 bits per heavy atom. The normalized spacial score (nSPS) is 11.4. The van der Waals surface area contributed by atoms with Crippen molar-refractivity contribution in [2.75, 3.05) is 26.4 Å². The number of carbonyl (C=O) groups excluding carboxylic acids is 1. The Bertz CT molecular complexity index is 1290. The number of hydrogen-bond donors (Lipinski definition) is 2. The van der Waals surface area contributed by atoms with Crippen LogP contribution in [-0.4, -0.2) is 42.6 Å². The molecule has 0 aromatic heterocycles. The van der Waals surface area contributed by atoms with E-state index in [1.165, 1.54) is 41.5 Å². The van der Waals surface area contributed by atoms with E-state index in [4.69, 9.17) is 9.47 Å². The van der Waals surface area contributed by atoms with E-state index in [1.807, 2.05) is 12.1 Å². The van der Waals surface area contributed by atoms with Gasteiger partial charge in [-0.2, -0.15) is 0 Å². The van der Waals surface area contributed by atoms with Gasteiger partial charge in [-0.25, -0.2) is 4.79 Å². The molecule has 0 fully saturated rings. The monoisotopic (exact) mass is 558 g/mol. The molecule has 0 heterocycles. The summed E-state index contributed by atoms with van der Waals surface area (Å²) < 4.78 is 11.4. The number of hydrogen-bond acceptors (Lipinski definition) is 5. The zero-order chi connectivity index (χ0) is 29.8. The molecule has 0 spiro atoms. The number of benzene rings is 3. The lowest BCUT2D eigenvalue weighted by atomic mass is 9.92. The Kier molecular flexibility index (Phi) is 12.2. The van der Waals surface area contributed by atoms with Crippen molar-refractivity contribution in [3.8, 4) is 28.0 Å². The molecule has 0 aliphatic rings. The van der Waals surface area contributed by atoms with Gasteiger partial charge >= 0.3 is 5.97 Å². The fraction of sp³-hybridized carbons (Fsp3) is 0.417. The van der Waals surface area contributed by atoms with Crippen LogP contribution in [0.5, 0.6) is 5.75 Å². The molecule has 0 radical (unpaired) electrons. The number of carbonyl (C=O) groups is 1. The van der Waals surface area contributed by atoms with E-state index < -0.39 is 11.4 Å². The summed E-state index contributed by atoms with van der Waals surface area (Å²) in [6, 6.07) is 21.6. The molecule has 0 unspecified atom stereocenters. The van der Waals surface area contributed by atoms with E-state index in [2.05, 4.69) is 69.0 Å². The smallest absolute Gasteiger partial charge is 0.333 e. The lowest BCUT2D eigenvalue weighted by molar-refractivity contribution is -0.138. The summed E-state index contributed by atoms with van der Waals surface area (Å²) in [5, 5.41) is 19.4. The average Bonchev–Trinajstić information content (AvgIpc) is 3.00. The molecule has 0 bridgehead atoms. The van der Waals surface area contributed by atoms with Gasteiger partial charge in [0, 0.05) is 17.4 Å². The molecule has 3 aromatic carbocycles. The average molecular weight is 559 g/mol. The van der Waals surface area contributed by atoms with Crippen LogP contribution in [0.25, 0.3) is 22.3 Å². The van der Waals surface area contributed by atoms with Crippen LogP contribution >= 0.6 is 0 Å².